The molecule has 0 bridgehead atoms. The van der Waals surface area contributed by atoms with E-state index in [0.29, 0.717) is 0 Å². The van der Waals surface area contributed by atoms with Gasteiger partial charge in [-0.05, 0) is 55.0 Å². The Labute approximate surface area is 128 Å². The maximum Gasteiger partial charge on any atom is 0.262 e. The largest absolute Gasteiger partial charge is 0.508 e. The molecule has 0 unspecified atom stereocenters. The van der Waals surface area contributed by atoms with Crippen LogP contribution in [0.4, 0.5) is 0 Å². The van der Waals surface area contributed by atoms with Crippen molar-refractivity contribution in [3.05, 3.63) is 60.6 Å². The summed E-state index contributed by atoms with van der Waals surface area (Å²) in [5.74, 6) is 1.81. The quantitative estimate of drug-likeness (QED) is 0.714. The number of phenolic OH excluding ortho intramolecular Hbond substituents is 2. The molecule has 0 saturated carbocycles. The lowest BCUT2D eigenvalue weighted by molar-refractivity contribution is -0.689. The molecular formula is C18H17N2O2+. The van der Waals surface area contributed by atoms with E-state index in [0.717, 1.165) is 36.3 Å². The first-order chi connectivity index (χ1) is 10.7. The number of fused-ring (bicyclic) bond motifs is 1. The summed E-state index contributed by atoms with van der Waals surface area (Å²) in [6.07, 6.45) is 4.36. The molecular weight excluding hydrogens is 276 g/mol. The fourth-order valence-electron chi connectivity index (χ4n) is 3.13. The molecule has 1 aliphatic heterocycles. The van der Waals surface area contributed by atoms with Crippen LogP contribution < -0.4 is 4.57 Å². The van der Waals surface area contributed by atoms with Crippen molar-refractivity contribution in [2.24, 2.45) is 0 Å². The number of imidazole rings is 1. The van der Waals surface area contributed by atoms with Gasteiger partial charge < -0.3 is 10.2 Å². The van der Waals surface area contributed by atoms with Crippen LogP contribution in [0.25, 0.3) is 16.9 Å². The van der Waals surface area contributed by atoms with Gasteiger partial charge in [-0.1, -0.05) is 0 Å². The second-order valence-corrected chi connectivity index (χ2v) is 5.63. The Bertz CT molecular complexity index is 818. The van der Waals surface area contributed by atoms with E-state index in [2.05, 4.69) is 15.3 Å². The Morgan fingerprint density at radius 1 is 0.864 bits per heavy atom. The molecule has 2 aromatic carbocycles. The summed E-state index contributed by atoms with van der Waals surface area (Å²) in [5.41, 5.74) is 3.20. The number of nitrogens with zero attached hydrogens (tertiary/aromatic N) is 2. The molecule has 0 amide bonds. The Balaban J connectivity index is 1.92. The van der Waals surface area contributed by atoms with Crippen LogP contribution in [-0.4, -0.2) is 14.8 Å². The van der Waals surface area contributed by atoms with E-state index in [1.807, 2.05) is 24.3 Å². The summed E-state index contributed by atoms with van der Waals surface area (Å²) >= 11 is 0. The Morgan fingerprint density at radius 2 is 1.50 bits per heavy atom. The number of hydrogen-bond donors (Lipinski definition) is 2. The van der Waals surface area contributed by atoms with Crippen LogP contribution in [-0.2, 0) is 13.0 Å². The van der Waals surface area contributed by atoms with Gasteiger partial charge in [-0.25, -0.2) is 4.57 Å². The molecule has 2 heterocycles. The number of aromatic hydroxyl groups is 2. The molecule has 4 heteroatoms. The maximum atomic E-state index is 9.52. The molecule has 0 saturated heterocycles. The molecule has 0 spiro atoms. The summed E-state index contributed by atoms with van der Waals surface area (Å²) in [4.78, 5) is 0. The van der Waals surface area contributed by atoms with Crippen molar-refractivity contribution in [3.8, 4) is 28.4 Å². The first kappa shape index (κ1) is 13.0. The second kappa shape index (κ2) is 4.91. The summed E-state index contributed by atoms with van der Waals surface area (Å²) < 4.78 is 4.52. The number of aryl methyl sites for hydroxylation is 1. The molecule has 4 nitrogen and oxygen atoms in total. The molecule has 0 radical (unpaired) electrons. The molecule has 3 aromatic rings. The van der Waals surface area contributed by atoms with E-state index >= 15 is 0 Å². The van der Waals surface area contributed by atoms with Crippen molar-refractivity contribution in [1.82, 2.24) is 4.57 Å². The minimum Gasteiger partial charge on any atom is -0.508 e. The van der Waals surface area contributed by atoms with Gasteiger partial charge in [0.15, 0.2) is 5.69 Å². The maximum absolute atomic E-state index is 9.52. The van der Waals surface area contributed by atoms with Crippen LogP contribution in [0.15, 0.2) is 54.7 Å². The zero-order valence-electron chi connectivity index (χ0n) is 12.1. The Kier molecular flexibility index (Phi) is 2.89. The van der Waals surface area contributed by atoms with Crippen LogP contribution >= 0.6 is 0 Å². The van der Waals surface area contributed by atoms with Gasteiger partial charge in [-0.3, -0.25) is 0 Å². The van der Waals surface area contributed by atoms with Crippen LogP contribution in [0.3, 0.4) is 0 Å². The number of aromatic nitrogens is 2. The third-order valence-electron chi connectivity index (χ3n) is 4.18. The third kappa shape index (κ3) is 2.04. The van der Waals surface area contributed by atoms with Crippen molar-refractivity contribution < 1.29 is 14.8 Å². The molecule has 1 aliphatic rings. The molecule has 1 aromatic heterocycles. The van der Waals surface area contributed by atoms with Crippen molar-refractivity contribution in [2.45, 2.75) is 19.4 Å². The predicted octanol–water partition coefficient (Wildman–Crippen LogP) is 2.79. The molecule has 0 atom stereocenters. The highest BCUT2D eigenvalue weighted by Crippen LogP contribution is 2.28. The molecule has 110 valence electrons. The van der Waals surface area contributed by atoms with E-state index in [1.54, 1.807) is 24.3 Å². The van der Waals surface area contributed by atoms with Crippen LogP contribution in [0, 0.1) is 0 Å². The highest BCUT2D eigenvalue weighted by atomic mass is 16.3. The summed E-state index contributed by atoms with van der Waals surface area (Å²) in [5, 5.41) is 19.0. The summed E-state index contributed by atoms with van der Waals surface area (Å²) in [6, 6.07) is 14.5. The lowest BCUT2D eigenvalue weighted by Crippen LogP contribution is -2.30. The molecule has 2 N–H and O–H groups in total. The number of phenols is 2. The van der Waals surface area contributed by atoms with Crippen molar-refractivity contribution in [2.75, 3.05) is 0 Å². The third-order valence-corrected chi connectivity index (χ3v) is 4.18. The van der Waals surface area contributed by atoms with E-state index in [1.165, 1.54) is 5.82 Å². The van der Waals surface area contributed by atoms with Crippen molar-refractivity contribution in [3.63, 3.8) is 0 Å². The average molecular weight is 293 g/mol. The number of rotatable bonds is 2. The van der Waals surface area contributed by atoms with Gasteiger partial charge in [0.25, 0.3) is 5.82 Å². The topological polar surface area (TPSA) is 49.3 Å². The highest BCUT2D eigenvalue weighted by Gasteiger charge is 2.29. The van der Waals surface area contributed by atoms with E-state index in [9.17, 15) is 10.2 Å². The Hall–Kier alpha value is -2.75. The zero-order valence-corrected chi connectivity index (χ0v) is 12.1. The molecule has 0 aliphatic carbocycles. The summed E-state index contributed by atoms with van der Waals surface area (Å²) in [7, 11) is 0. The number of benzene rings is 2. The van der Waals surface area contributed by atoms with Gasteiger partial charge >= 0.3 is 0 Å². The van der Waals surface area contributed by atoms with E-state index < -0.39 is 0 Å². The van der Waals surface area contributed by atoms with Crippen molar-refractivity contribution >= 4 is 0 Å². The first-order valence-corrected chi connectivity index (χ1v) is 7.45. The van der Waals surface area contributed by atoms with Crippen LogP contribution in [0.2, 0.25) is 0 Å². The lowest BCUT2D eigenvalue weighted by atomic mass is 10.1. The van der Waals surface area contributed by atoms with E-state index in [-0.39, 0.29) is 11.5 Å². The average Bonchev–Trinajstić information content (AvgIpc) is 3.10. The van der Waals surface area contributed by atoms with E-state index in [4.69, 9.17) is 0 Å². The normalized spacial score (nSPS) is 13.3. The van der Waals surface area contributed by atoms with Gasteiger partial charge in [-0.15, -0.1) is 0 Å². The van der Waals surface area contributed by atoms with Crippen LogP contribution in [0.1, 0.15) is 12.2 Å². The Morgan fingerprint density at radius 3 is 2.18 bits per heavy atom. The lowest BCUT2D eigenvalue weighted by Gasteiger charge is -2.05. The SMILES string of the molecule is Oc1ccc(-c2c[n+]3c(n2-c2ccc(O)cc2)CCC3)cc1. The predicted molar refractivity (Wildman–Crippen MR) is 83.1 cm³/mol. The van der Waals surface area contributed by atoms with Gasteiger partial charge in [0, 0.05) is 5.56 Å². The fraction of sp³-hybridized carbons (Fsp3) is 0.167. The first-order valence-electron chi connectivity index (χ1n) is 7.45. The van der Waals surface area contributed by atoms with Gasteiger partial charge in [-0.2, -0.15) is 4.57 Å². The van der Waals surface area contributed by atoms with Gasteiger partial charge in [0.1, 0.15) is 23.4 Å². The number of hydrogen-bond acceptors (Lipinski definition) is 2. The minimum absolute atomic E-state index is 0.270. The standard InChI is InChI=1S/C18H16N2O2/c21-15-7-3-13(4-8-15)17-12-19-11-1-2-18(19)20(17)14-5-9-16(22)10-6-14/h3-10,12H,1-2,11H2,(H-,21,22)/p+1. The fourth-order valence-corrected chi connectivity index (χ4v) is 3.13. The molecule has 4 rings (SSSR count). The molecule has 0 fully saturated rings. The monoisotopic (exact) mass is 293 g/mol. The minimum atomic E-state index is 0.270. The summed E-state index contributed by atoms with van der Waals surface area (Å²) in [6.45, 7) is 1.03. The van der Waals surface area contributed by atoms with Crippen molar-refractivity contribution in [1.29, 1.82) is 0 Å². The zero-order chi connectivity index (χ0) is 15.1. The van der Waals surface area contributed by atoms with Gasteiger partial charge in [0.05, 0.1) is 13.0 Å². The van der Waals surface area contributed by atoms with Gasteiger partial charge in [0.2, 0.25) is 0 Å². The van der Waals surface area contributed by atoms with Crippen LogP contribution in [0.5, 0.6) is 11.5 Å². The smallest absolute Gasteiger partial charge is 0.262 e. The molecule has 22 heavy (non-hydrogen) atoms. The highest BCUT2D eigenvalue weighted by molar-refractivity contribution is 5.62. The second-order valence-electron chi connectivity index (χ2n) is 5.63.